The molecule has 0 radical (unpaired) electrons. The molecular formula is C14H15NO2. The largest absolute Gasteiger partial charge is 0.465 e. The van der Waals surface area contributed by atoms with Gasteiger partial charge < -0.3 is 9.30 Å². The zero-order valence-electron chi connectivity index (χ0n) is 9.90. The number of ether oxygens (including phenoxy) is 1. The summed E-state index contributed by atoms with van der Waals surface area (Å²) >= 11 is 0. The van der Waals surface area contributed by atoms with Crippen LogP contribution in [0.2, 0.25) is 0 Å². The van der Waals surface area contributed by atoms with Gasteiger partial charge in [0.2, 0.25) is 0 Å². The molecule has 2 heterocycles. The monoisotopic (exact) mass is 229 g/mol. The second-order valence-electron chi connectivity index (χ2n) is 4.47. The predicted octanol–water partition coefficient (Wildman–Crippen LogP) is 2.76. The fraction of sp³-hybridized carbons (Fsp3) is 0.357. The molecule has 0 atom stereocenters. The van der Waals surface area contributed by atoms with Gasteiger partial charge >= 0.3 is 5.97 Å². The van der Waals surface area contributed by atoms with Gasteiger partial charge in [-0.3, -0.25) is 0 Å². The average molecular weight is 229 g/mol. The number of fused-ring (bicyclic) bond motifs is 3. The van der Waals surface area contributed by atoms with Crippen LogP contribution in [0, 0.1) is 0 Å². The van der Waals surface area contributed by atoms with E-state index >= 15 is 0 Å². The van der Waals surface area contributed by atoms with Crippen molar-refractivity contribution >= 4 is 16.9 Å². The lowest BCUT2D eigenvalue weighted by molar-refractivity contribution is 0.0603. The van der Waals surface area contributed by atoms with E-state index in [1.807, 2.05) is 12.1 Å². The highest BCUT2D eigenvalue weighted by Crippen LogP contribution is 2.28. The summed E-state index contributed by atoms with van der Waals surface area (Å²) in [6.45, 7) is 1.06. The van der Waals surface area contributed by atoms with Crippen LogP contribution in [0.15, 0.2) is 24.3 Å². The van der Waals surface area contributed by atoms with Crippen LogP contribution < -0.4 is 0 Å². The summed E-state index contributed by atoms with van der Waals surface area (Å²) in [6.07, 6.45) is 3.57. The molecule has 0 bridgehead atoms. The highest BCUT2D eigenvalue weighted by atomic mass is 16.5. The Morgan fingerprint density at radius 3 is 3.06 bits per heavy atom. The molecule has 1 aliphatic heterocycles. The maximum Gasteiger partial charge on any atom is 0.338 e. The first-order valence-electron chi connectivity index (χ1n) is 6.00. The van der Waals surface area contributed by atoms with Crippen molar-refractivity contribution < 1.29 is 9.53 Å². The topological polar surface area (TPSA) is 31.2 Å². The van der Waals surface area contributed by atoms with Crippen LogP contribution in [0.5, 0.6) is 0 Å². The first-order valence-corrected chi connectivity index (χ1v) is 6.00. The molecule has 1 aliphatic rings. The molecule has 0 unspecified atom stereocenters. The number of rotatable bonds is 1. The van der Waals surface area contributed by atoms with E-state index in [0.717, 1.165) is 23.9 Å². The molecule has 0 N–H and O–H groups in total. The number of benzene rings is 1. The number of aryl methyl sites for hydroxylation is 2. The van der Waals surface area contributed by atoms with Crippen molar-refractivity contribution in [3.8, 4) is 0 Å². The molecule has 17 heavy (non-hydrogen) atoms. The van der Waals surface area contributed by atoms with Crippen molar-refractivity contribution in [3.05, 3.63) is 35.5 Å². The van der Waals surface area contributed by atoms with Crippen molar-refractivity contribution in [3.63, 3.8) is 0 Å². The Morgan fingerprint density at radius 1 is 1.35 bits per heavy atom. The Bertz CT molecular complexity index is 583. The van der Waals surface area contributed by atoms with Gasteiger partial charge in [-0.25, -0.2) is 4.79 Å². The zero-order valence-corrected chi connectivity index (χ0v) is 9.90. The number of aromatic nitrogens is 1. The quantitative estimate of drug-likeness (QED) is 0.704. The van der Waals surface area contributed by atoms with Gasteiger partial charge in [-0.05, 0) is 37.5 Å². The molecule has 1 aromatic carbocycles. The summed E-state index contributed by atoms with van der Waals surface area (Å²) in [5.41, 5.74) is 3.16. The summed E-state index contributed by atoms with van der Waals surface area (Å²) in [5.74, 6) is -0.251. The molecular weight excluding hydrogens is 214 g/mol. The Balaban J connectivity index is 2.26. The van der Waals surface area contributed by atoms with Crippen molar-refractivity contribution in [1.82, 2.24) is 4.57 Å². The van der Waals surface area contributed by atoms with Crippen molar-refractivity contribution in [1.29, 1.82) is 0 Å². The van der Waals surface area contributed by atoms with E-state index < -0.39 is 0 Å². The molecule has 3 rings (SSSR count). The first kappa shape index (κ1) is 10.4. The Kier molecular flexibility index (Phi) is 2.39. The van der Waals surface area contributed by atoms with Gasteiger partial charge in [0.15, 0.2) is 0 Å². The van der Waals surface area contributed by atoms with Crippen LogP contribution in [-0.4, -0.2) is 17.6 Å². The van der Waals surface area contributed by atoms with Crippen molar-refractivity contribution in [2.24, 2.45) is 0 Å². The fourth-order valence-corrected chi connectivity index (χ4v) is 2.67. The van der Waals surface area contributed by atoms with Gasteiger partial charge in [0, 0.05) is 23.1 Å². The zero-order chi connectivity index (χ0) is 11.8. The SMILES string of the molecule is COC(=O)c1cccc2c1cc1n2CCCC1. The van der Waals surface area contributed by atoms with Gasteiger partial charge in [0.05, 0.1) is 12.7 Å². The Labute approximate surface area is 100.0 Å². The lowest BCUT2D eigenvalue weighted by atomic mass is 10.1. The van der Waals surface area contributed by atoms with Gasteiger partial charge in [-0.15, -0.1) is 0 Å². The lowest BCUT2D eigenvalue weighted by Gasteiger charge is -2.15. The van der Waals surface area contributed by atoms with E-state index in [9.17, 15) is 4.79 Å². The van der Waals surface area contributed by atoms with Gasteiger partial charge in [0.25, 0.3) is 0 Å². The maximum absolute atomic E-state index is 11.7. The normalized spacial score (nSPS) is 14.6. The van der Waals surface area contributed by atoms with Gasteiger partial charge in [0.1, 0.15) is 0 Å². The smallest absolute Gasteiger partial charge is 0.338 e. The minimum atomic E-state index is -0.251. The fourth-order valence-electron chi connectivity index (χ4n) is 2.67. The second kappa shape index (κ2) is 3.91. The maximum atomic E-state index is 11.7. The molecule has 88 valence electrons. The van der Waals surface area contributed by atoms with Crippen LogP contribution in [0.25, 0.3) is 10.9 Å². The standard InChI is InChI=1S/C14H15NO2/c1-17-14(16)11-6-4-7-13-12(11)9-10-5-2-3-8-15(10)13/h4,6-7,9H,2-3,5,8H2,1H3. The third-order valence-corrected chi connectivity index (χ3v) is 3.50. The Hall–Kier alpha value is -1.77. The van der Waals surface area contributed by atoms with E-state index in [-0.39, 0.29) is 5.97 Å². The van der Waals surface area contributed by atoms with Crippen molar-refractivity contribution in [2.75, 3.05) is 7.11 Å². The average Bonchev–Trinajstić information content (AvgIpc) is 2.76. The number of carbonyl (C=O) groups excluding carboxylic acids is 1. The molecule has 0 saturated heterocycles. The number of hydrogen-bond donors (Lipinski definition) is 0. The van der Waals surface area contributed by atoms with Gasteiger partial charge in [-0.2, -0.15) is 0 Å². The summed E-state index contributed by atoms with van der Waals surface area (Å²) in [5, 5.41) is 1.02. The van der Waals surface area contributed by atoms with E-state index in [1.165, 1.54) is 25.6 Å². The molecule has 0 fully saturated rings. The molecule has 3 heteroatoms. The first-order chi connectivity index (χ1) is 8.31. The minimum absolute atomic E-state index is 0.251. The van der Waals surface area contributed by atoms with Crippen LogP contribution in [0.1, 0.15) is 28.9 Å². The van der Waals surface area contributed by atoms with Crippen LogP contribution in [0.3, 0.4) is 0 Å². The molecule has 0 amide bonds. The van der Waals surface area contributed by atoms with E-state index in [0.29, 0.717) is 5.56 Å². The molecule has 0 saturated carbocycles. The number of hydrogen-bond acceptors (Lipinski definition) is 2. The van der Waals surface area contributed by atoms with Crippen molar-refractivity contribution in [2.45, 2.75) is 25.8 Å². The number of esters is 1. The third kappa shape index (κ3) is 1.54. The summed E-state index contributed by atoms with van der Waals surface area (Å²) in [6, 6.07) is 7.98. The van der Waals surface area contributed by atoms with E-state index in [4.69, 9.17) is 4.74 Å². The summed E-state index contributed by atoms with van der Waals surface area (Å²) in [4.78, 5) is 11.7. The molecule has 0 spiro atoms. The molecule has 2 aromatic rings. The lowest BCUT2D eigenvalue weighted by Crippen LogP contribution is -2.09. The highest BCUT2D eigenvalue weighted by Gasteiger charge is 2.17. The van der Waals surface area contributed by atoms with Gasteiger partial charge in [-0.1, -0.05) is 6.07 Å². The third-order valence-electron chi connectivity index (χ3n) is 3.50. The van der Waals surface area contributed by atoms with Crippen LogP contribution in [-0.2, 0) is 17.7 Å². The second-order valence-corrected chi connectivity index (χ2v) is 4.47. The number of methoxy groups -OCH3 is 1. The van der Waals surface area contributed by atoms with Crippen LogP contribution in [0.4, 0.5) is 0 Å². The summed E-state index contributed by atoms with van der Waals surface area (Å²) in [7, 11) is 1.43. The molecule has 1 aromatic heterocycles. The predicted molar refractivity (Wildman–Crippen MR) is 66.2 cm³/mol. The minimum Gasteiger partial charge on any atom is -0.465 e. The summed E-state index contributed by atoms with van der Waals surface area (Å²) < 4.78 is 7.15. The van der Waals surface area contributed by atoms with E-state index in [1.54, 1.807) is 0 Å². The highest BCUT2D eigenvalue weighted by molar-refractivity contribution is 6.04. The Morgan fingerprint density at radius 2 is 2.24 bits per heavy atom. The van der Waals surface area contributed by atoms with E-state index in [2.05, 4.69) is 16.7 Å². The molecule has 0 aliphatic carbocycles. The molecule has 3 nitrogen and oxygen atoms in total. The number of nitrogens with zero attached hydrogens (tertiary/aromatic N) is 1. The van der Waals surface area contributed by atoms with Crippen LogP contribution >= 0.6 is 0 Å². The number of carbonyl (C=O) groups is 1.